The van der Waals surface area contributed by atoms with Gasteiger partial charge in [0.15, 0.2) is 0 Å². The Morgan fingerprint density at radius 1 is 1.36 bits per heavy atom. The maximum atomic E-state index is 3.50. The molecule has 1 N–H and O–H groups in total. The van der Waals surface area contributed by atoms with Crippen LogP contribution in [-0.2, 0) is 0 Å². The Morgan fingerprint density at radius 3 is 2.71 bits per heavy atom. The third kappa shape index (κ3) is 2.48. The van der Waals surface area contributed by atoms with Gasteiger partial charge in [-0.15, -0.1) is 0 Å². The first-order valence-electron chi connectivity index (χ1n) is 6.19. The number of likely N-dealkylation sites (tertiary alicyclic amines) is 1. The molecule has 1 atom stereocenters. The van der Waals surface area contributed by atoms with Crippen LogP contribution < -0.4 is 5.32 Å². The zero-order valence-corrected chi connectivity index (χ0v) is 9.63. The van der Waals surface area contributed by atoms with Crippen molar-refractivity contribution in [3.63, 3.8) is 0 Å². The first kappa shape index (κ1) is 10.4. The Labute approximate surface area is 88.1 Å². The molecule has 2 aliphatic heterocycles. The van der Waals surface area contributed by atoms with Gasteiger partial charge in [-0.25, -0.2) is 0 Å². The molecule has 82 valence electrons. The van der Waals surface area contributed by atoms with Gasteiger partial charge in [0.2, 0.25) is 0 Å². The fourth-order valence-corrected chi connectivity index (χ4v) is 2.63. The minimum Gasteiger partial charge on any atom is -0.316 e. The molecule has 2 nitrogen and oxygen atoms in total. The van der Waals surface area contributed by atoms with Gasteiger partial charge in [-0.1, -0.05) is 13.8 Å². The second-order valence-corrected chi connectivity index (χ2v) is 5.44. The van der Waals surface area contributed by atoms with Crippen LogP contribution in [0.3, 0.4) is 0 Å². The summed E-state index contributed by atoms with van der Waals surface area (Å²) < 4.78 is 0. The van der Waals surface area contributed by atoms with E-state index in [2.05, 4.69) is 24.1 Å². The molecule has 2 aliphatic rings. The van der Waals surface area contributed by atoms with Crippen molar-refractivity contribution in [3.8, 4) is 0 Å². The van der Waals surface area contributed by atoms with E-state index < -0.39 is 0 Å². The molecule has 2 heteroatoms. The van der Waals surface area contributed by atoms with Crippen LogP contribution in [0.4, 0.5) is 0 Å². The highest BCUT2D eigenvalue weighted by molar-refractivity contribution is 4.84. The topological polar surface area (TPSA) is 15.3 Å². The smallest absolute Gasteiger partial charge is 0.00246 e. The van der Waals surface area contributed by atoms with Gasteiger partial charge in [-0.2, -0.15) is 0 Å². The first-order valence-corrected chi connectivity index (χ1v) is 6.19. The second-order valence-electron chi connectivity index (χ2n) is 5.44. The predicted octanol–water partition coefficient (Wildman–Crippen LogP) is 1.57. The summed E-state index contributed by atoms with van der Waals surface area (Å²) >= 11 is 0. The zero-order chi connectivity index (χ0) is 9.97. The van der Waals surface area contributed by atoms with Crippen LogP contribution in [-0.4, -0.2) is 37.6 Å². The van der Waals surface area contributed by atoms with Gasteiger partial charge >= 0.3 is 0 Å². The zero-order valence-electron chi connectivity index (χ0n) is 9.63. The van der Waals surface area contributed by atoms with E-state index in [9.17, 15) is 0 Å². The molecule has 2 heterocycles. The van der Waals surface area contributed by atoms with Crippen molar-refractivity contribution in [3.05, 3.63) is 0 Å². The molecule has 14 heavy (non-hydrogen) atoms. The molecule has 1 unspecified atom stereocenters. The van der Waals surface area contributed by atoms with Crippen molar-refractivity contribution in [1.82, 2.24) is 10.2 Å². The highest BCUT2D eigenvalue weighted by Crippen LogP contribution is 2.25. The van der Waals surface area contributed by atoms with Crippen molar-refractivity contribution in [2.75, 3.05) is 32.7 Å². The molecular weight excluding hydrogens is 172 g/mol. The maximum absolute atomic E-state index is 3.50. The van der Waals surface area contributed by atoms with Gasteiger partial charge in [0.1, 0.15) is 0 Å². The van der Waals surface area contributed by atoms with Gasteiger partial charge < -0.3 is 10.2 Å². The largest absolute Gasteiger partial charge is 0.316 e. The van der Waals surface area contributed by atoms with Crippen molar-refractivity contribution in [2.24, 2.45) is 17.8 Å². The Balaban J connectivity index is 1.63. The fraction of sp³-hybridized carbons (Fsp3) is 1.00. The Morgan fingerprint density at radius 2 is 2.14 bits per heavy atom. The van der Waals surface area contributed by atoms with Gasteiger partial charge in [-0.05, 0) is 43.7 Å². The SMILES string of the molecule is CC(C)C1CN(CC2CCCNC2)C1. The molecule has 0 bridgehead atoms. The van der Waals surface area contributed by atoms with E-state index in [-0.39, 0.29) is 0 Å². The predicted molar refractivity (Wildman–Crippen MR) is 60.4 cm³/mol. The van der Waals surface area contributed by atoms with E-state index >= 15 is 0 Å². The summed E-state index contributed by atoms with van der Waals surface area (Å²) in [4.78, 5) is 2.64. The molecule has 0 aromatic rings. The van der Waals surface area contributed by atoms with E-state index in [1.807, 2.05) is 0 Å². The normalized spacial score (nSPS) is 30.6. The number of nitrogens with one attached hydrogen (secondary N) is 1. The van der Waals surface area contributed by atoms with Crippen LogP contribution in [0.1, 0.15) is 26.7 Å². The second kappa shape index (κ2) is 4.63. The highest BCUT2D eigenvalue weighted by Gasteiger charge is 2.30. The van der Waals surface area contributed by atoms with Gasteiger partial charge in [0.05, 0.1) is 0 Å². The highest BCUT2D eigenvalue weighted by atomic mass is 15.2. The van der Waals surface area contributed by atoms with Crippen molar-refractivity contribution < 1.29 is 0 Å². The molecule has 0 radical (unpaired) electrons. The number of piperidine rings is 1. The van der Waals surface area contributed by atoms with Crippen molar-refractivity contribution >= 4 is 0 Å². The molecule has 2 rings (SSSR count). The van der Waals surface area contributed by atoms with Crippen LogP contribution >= 0.6 is 0 Å². The first-order chi connectivity index (χ1) is 6.75. The summed E-state index contributed by atoms with van der Waals surface area (Å²) in [5.41, 5.74) is 0. The third-order valence-electron chi connectivity index (χ3n) is 3.84. The molecular formula is C12H24N2. The Bertz CT molecular complexity index is 167. The molecule has 0 aromatic heterocycles. The average Bonchev–Trinajstić information content (AvgIpc) is 2.12. The summed E-state index contributed by atoms with van der Waals surface area (Å²) in [6, 6.07) is 0. The van der Waals surface area contributed by atoms with E-state index in [0.29, 0.717) is 0 Å². The van der Waals surface area contributed by atoms with E-state index in [4.69, 9.17) is 0 Å². The molecule has 2 fully saturated rings. The standard InChI is InChI=1S/C12H24N2/c1-10(2)12-8-14(9-12)7-11-4-3-5-13-6-11/h10-13H,3-9H2,1-2H3. The quantitative estimate of drug-likeness (QED) is 0.737. The van der Waals surface area contributed by atoms with Crippen molar-refractivity contribution in [2.45, 2.75) is 26.7 Å². The van der Waals surface area contributed by atoms with Crippen LogP contribution in [0.2, 0.25) is 0 Å². The lowest BCUT2D eigenvalue weighted by molar-refractivity contribution is 0.0494. The summed E-state index contributed by atoms with van der Waals surface area (Å²) in [5, 5.41) is 3.50. The van der Waals surface area contributed by atoms with E-state index in [0.717, 1.165) is 17.8 Å². The monoisotopic (exact) mass is 196 g/mol. The summed E-state index contributed by atoms with van der Waals surface area (Å²) in [6.45, 7) is 11.3. The minimum absolute atomic E-state index is 0.885. The van der Waals surface area contributed by atoms with Crippen molar-refractivity contribution in [1.29, 1.82) is 0 Å². The summed E-state index contributed by atoms with van der Waals surface area (Å²) in [7, 11) is 0. The fourth-order valence-electron chi connectivity index (χ4n) is 2.63. The lowest BCUT2D eigenvalue weighted by atomic mass is 9.87. The Kier molecular flexibility index (Phi) is 3.45. The maximum Gasteiger partial charge on any atom is 0.00246 e. The molecule has 0 aliphatic carbocycles. The summed E-state index contributed by atoms with van der Waals surface area (Å²) in [6.07, 6.45) is 2.82. The Hall–Kier alpha value is -0.0800. The lowest BCUT2D eigenvalue weighted by Crippen LogP contribution is -2.52. The third-order valence-corrected chi connectivity index (χ3v) is 3.84. The number of hydrogen-bond donors (Lipinski definition) is 1. The average molecular weight is 196 g/mol. The number of rotatable bonds is 3. The van der Waals surface area contributed by atoms with E-state index in [1.165, 1.54) is 45.6 Å². The molecule has 0 aromatic carbocycles. The van der Waals surface area contributed by atoms with Gasteiger partial charge in [0, 0.05) is 19.6 Å². The van der Waals surface area contributed by atoms with Crippen LogP contribution in [0.5, 0.6) is 0 Å². The van der Waals surface area contributed by atoms with Crippen LogP contribution in [0.25, 0.3) is 0 Å². The van der Waals surface area contributed by atoms with Gasteiger partial charge in [-0.3, -0.25) is 0 Å². The van der Waals surface area contributed by atoms with Crippen LogP contribution in [0, 0.1) is 17.8 Å². The number of nitrogens with zero attached hydrogens (tertiary/aromatic N) is 1. The number of hydrogen-bond acceptors (Lipinski definition) is 2. The van der Waals surface area contributed by atoms with Crippen LogP contribution in [0.15, 0.2) is 0 Å². The summed E-state index contributed by atoms with van der Waals surface area (Å²) in [5.74, 6) is 2.79. The molecule has 0 saturated carbocycles. The lowest BCUT2D eigenvalue weighted by Gasteiger charge is -2.43. The van der Waals surface area contributed by atoms with E-state index in [1.54, 1.807) is 0 Å². The molecule has 0 amide bonds. The molecule has 0 spiro atoms. The minimum atomic E-state index is 0.885. The van der Waals surface area contributed by atoms with Gasteiger partial charge in [0.25, 0.3) is 0 Å². The molecule has 2 saturated heterocycles.